The zero-order valence-corrected chi connectivity index (χ0v) is 24.4. The maximum atomic E-state index is 12.0. The largest absolute Gasteiger partial charge is 0.481 e. The standard InChI is InChI=1S/C34H28N6O6/c35-31(45)21-9-11-27-25(15-21)37-33(23-7-3-1-5-19(23)17-29(41)42)39(27)13-14-40-28-12-10-22(32(36)46)16-26(28)38-34(40)24-8-4-2-6-20(24)18-30(43)44/h1-12,15-16H,13-14,17-18H2,(H2,35,45)(H2,36,46)(H,41,42)(H,43,44). The first-order valence-corrected chi connectivity index (χ1v) is 14.3. The van der Waals surface area contributed by atoms with Gasteiger partial charge < -0.3 is 30.8 Å². The molecule has 0 saturated carbocycles. The molecule has 0 unspecified atom stereocenters. The molecule has 0 saturated heterocycles. The summed E-state index contributed by atoms with van der Waals surface area (Å²) >= 11 is 0. The van der Waals surface area contributed by atoms with Gasteiger partial charge in [0.2, 0.25) is 11.8 Å². The molecular weight excluding hydrogens is 588 g/mol. The van der Waals surface area contributed by atoms with Crippen molar-refractivity contribution in [3.63, 3.8) is 0 Å². The lowest BCUT2D eigenvalue weighted by atomic mass is 10.0. The fraction of sp³-hybridized carbons (Fsp3) is 0.118. The Hall–Kier alpha value is -6.30. The lowest BCUT2D eigenvalue weighted by molar-refractivity contribution is -0.137. The van der Waals surface area contributed by atoms with Gasteiger partial charge in [-0.05, 0) is 47.5 Å². The number of imidazole rings is 2. The van der Waals surface area contributed by atoms with E-state index >= 15 is 0 Å². The minimum Gasteiger partial charge on any atom is -0.481 e. The second-order valence-corrected chi connectivity index (χ2v) is 10.8. The molecule has 2 aromatic heterocycles. The van der Waals surface area contributed by atoms with E-state index in [0.29, 0.717) is 69.1 Å². The van der Waals surface area contributed by atoms with Crippen LogP contribution in [0.3, 0.4) is 0 Å². The Kier molecular flexibility index (Phi) is 7.76. The normalized spacial score (nSPS) is 11.2. The minimum atomic E-state index is -0.990. The number of hydrogen-bond donors (Lipinski definition) is 4. The second-order valence-electron chi connectivity index (χ2n) is 10.8. The van der Waals surface area contributed by atoms with Gasteiger partial charge in [0.05, 0.1) is 34.9 Å². The number of aromatic nitrogens is 4. The number of nitrogens with zero attached hydrogens (tertiary/aromatic N) is 4. The van der Waals surface area contributed by atoms with Crippen molar-refractivity contribution in [2.45, 2.75) is 25.9 Å². The number of primary amides is 2. The van der Waals surface area contributed by atoms with Gasteiger partial charge in [-0.2, -0.15) is 0 Å². The van der Waals surface area contributed by atoms with Crippen LogP contribution in [-0.2, 0) is 35.5 Å². The molecule has 4 aromatic carbocycles. The Morgan fingerprint density at radius 3 is 1.35 bits per heavy atom. The molecule has 0 aliphatic rings. The predicted molar refractivity (Wildman–Crippen MR) is 170 cm³/mol. The van der Waals surface area contributed by atoms with Crippen molar-refractivity contribution in [1.82, 2.24) is 19.1 Å². The smallest absolute Gasteiger partial charge is 0.307 e. The Bertz CT molecular complexity index is 2040. The lowest BCUT2D eigenvalue weighted by Gasteiger charge is -2.15. The number of aliphatic carboxylic acids is 2. The van der Waals surface area contributed by atoms with Crippen molar-refractivity contribution < 1.29 is 29.4 Å². The van der Waals surface area contributed by atoms with Crippen molar-refractivity contribution in [2.75, 3.05) is 0 Å². The van der Waals surface area contributed by atoms with Gasteiger partial charge in [-0.3, -0.25) is 19.2 Å². The van der Waals surface area contributed by atoms with Crippen LogP contribution in [0.15, 0.2) is 84.9 Å². The fourth-order valence-corrected chi connectivity index (χ4v) is 5.74. The summed E-state index contributed by atoms with van der Waals surface area (Å²) in [7, 11) is 0. The summed E-state index contributed by atoms with van der Waals surface area (Å²) in [4.78, 5) is 57.0. The highest BCUT2D eigenvalue weighted by Gasteiger charge is 2.21. The van der Waals surface area contributed by atoms with E-state index in [9.17, 15) is 29.4 Å². The molecule has 12 nitrogen and oxygen atoms in total. The van der Waals surface area contributed by atoms with Crippen LogP contribution in [-0.4, -0.2) is 53.1 Å². The molecule has 6 N–H and O–H groups in total. The monoisotopic (exact) mass is 616 g/mol. The summed E-state index contributed by atoms with van der Waals surface area (Å²) in [6, 6.07) is 24.1. The van der Waals surface area contributed by atoms with E-state index in [-0.39, 0.29) is 24.0 Å². The quantitative estimate of drug-likeness (QED) is 0.168. The van der Waals surface area contributed by atoms with Crippen molar-refractivity contribution in [3.05, 3.63) is 107 Å². The molecule has 0 spiro atoms. The van der Waals surface area contributed by atoms with E-state index < -0.39 is 23.8 Å². The Labute approximate surface area is 261 Å². The maximum Gasteiger partial charge on any atom is 0.307 e. The number of benzene rings is 4. The summed E-state index contributed by atoms with van der Waals surface area (Å²) in [5.41, 5.74) is 16.4. The Morgan fingerprint density at radius 1 is 0.587 bits per heavy atom. The summed E-state index contributed by atoms with van der Waals surface area (Å²) in [6.07, 6.45) is -0.435. The molecule has 12 heteroatoms. The number of rotatable bonds is 11. The molecule has 0 bridgehead atoms. The summed E-state index contributed by atoms with van der Waals surface area (Å²) < 4.78 is 3.88. The topological polar surface area (TPSA) is 196 Å². The third-order valence-electron chi connectivity index (χ3n) is 7.81. The van der Waals surface area contributed by atoms with E-state index in [2.05, 4.69) is 0 Å². The number of carbonyl (C=O) groups excluding carboxylic acids is 2. The van der Waals surface area contributed by atoms with E-state index in [0.717, 1.165) is 0 Å². The zero-order valence-electron chi connectivity index (χ0n) is 24.4. The number of carboxylic acid groups (broad SMARTS) is 2. The average Bonchev–Trinajstić information content (AvgIpc) is 3.57. The first kappa shape index (κ1) is 29.8. The number of carboxylic acids is 2. The predicted octanol–water partition coefficient (Wildman–Crippen LogP) is 3.87. The average molecular weight is 617 g/mol. The molecule has 0 aliphatic heterocycles. The van der Waals surface area contributed by atoms with Gasteiger partial charge in [0.25, 0.3) is 0 Å². The minimum absolute atomic E-state index is 0.217. The molecule has 6 aromatic rings. The third-order valence-corrected chi connectivity index (χ3v) is 7.81. The van der Waals surface area contributed by atoms with E-state index in [4.69, 9.17) is 21.4 Å². The van der Waals surface area contributed by atoms with Crippen molar-refractivity contribution >= 4 is 45.8 Å². The van der Waals surface area contributed by atoms with Crippen LogP contribution in [0.25, 0.3) is 44.8 Å². The first-order valence-electron chi connectivity index (χ1n) is 14.3. The van der Waals surface area contributed by atoms with Crippen LogP contribution in [0, 0.1) is 0 Å². The molecule has 6 rings (SSSR count). The molecule has 0 radical (unpaired) electrons. The second kappa shape index (κ2) is 12.0. The Balaban J connectivity index is 1.53. The van der Waals surface area contributed by atoms with E-state index in [1.54, 1.807) is 84.9 Å². The van der Waals surface area contributed by atoms with Gasteiger partial charge in [-0.1, -0.05) is 48.5 Å². The molecule has 2 heterocycles. The van der Waals surface area contributed by atoms with Crippen LogP contribution in [0.1, 0.15) is 31.8 Å². The van der Waals surface area contributed by atoms with Crippen LogP contribution in [0.4, 0.5) is 0 Å². The van der Waals surface area contributed by atoms with E-state index in [1.807, 2.05) is 9.13 Å². The van der Waals surface area contributed by atoms with Gasteiger partial charge in [0.1, 0.15) is 11.6 Å². The fourth-order valence-electron chi connectivity index (χ4n) is 5.74. The summed E-state index contributed by atoms with van der Waals surface area (Å²) in [6.45, 7) is 0.639. The number of amides is 2. The maximum absolute atomic E-state index is 12.0. The van der Waals surface area contributed by atoms with Crippen LogP contribution in [0.5, 0.6) is 0 Å². The highest BCUT2D eigenvalue weighted by atomic mass is 16.4. The van der Waals surface area contributed by atoms with Crippen molar-refractivity contribution in [1.29, 1.82) is 0 Å². The molecular formula is C34H28N6O6. The van der Waals surface area contributed by atoms with E-state index in [1.165, 1.54) is 0 Å². The number of aryl methyl sites for hydroxylation is 2. The zero-order chi connectivity index (χ0) is 32.5. The highest BCUT2D eigenvalue weighted by Crippen LogP contribution is 2.32. The van der Waals surface area contributed by atoms with Crippen LogP contribution < -0.4 is 11.5 Å². The number of fused-ring (bicyclic) bond motifs is 2. The van der Waals surface area contributed by atoms with Gasteiger partial charge in [0, 0.05) is 35.3 Å². The van der Waals surface area contributed by atoms with Crippen molar-refractivity contribution in [2.24, 2.45) is 11.5 Å². The van der Waals surface area contributed by atoms with Crippen LogP contribution >= 0.6 is 0 Å². The van der Waals surface area contributed by atoms with Gasteiger partial charge in [-0.15, -0.1) is 0 Å². The third kappa shape index (κ3) is 5.66. The van der Waals surface area contributed by atoms with Gasteiger partial charge in [0.15, 0.2) is 0 Å². The van der Waals surface area contributed by atoms with Crippen molar-refractivity contribution in [3.8, 4) is 22.8 Å². The number of carbonyl (C=O) groups is 4. The van der Waals surface area contributed by atoms with Gasteiger partial charge >= 0.3 is 11.9 Å². The van der Waals surface area contributed by atoms with Crippen LogP contribution in [0.2, 0.25) is 0 Å². The molecule has 2 amide bonds. The SMILES string of the molecule is NC(=O)c1ccc2c(c1)nc(-c1ccccc1CC(=O)O)n2CCn1c(-c2ccccc2CC(=O)O)nc2cc(C(N)=O)ccc21. The number of nitrogens with two attached hydrogens (primary N) is 2. The number of hydrogen-bond acceptors (Lipinski definition) is 6. The lowest BCUT2D eigenvalue weighted by Crippen LogP contribution is -2.12. The molecule has 0 aliphatic carbocycles. The Morgan fingerprint density at radius 2 is 0.978 bits per heavy atom. The summed E-state index contributed by atoms with van der Waals surface area (Å²) in [5, 5.41) is 19.2. The molecule has 230 valence electrons. The highest BCUT2D eigenvalue weighted by molar-refractivity contribution is 5.98. The molecule has 46 heavy (non-hydrogen) atoms. The first-order chi connectivity index (χ1) is 22.1. The van der Waals surface area contributed by atoms with Gasteiger partial charge in [-0.25, -0.2) is 9.97 Å². The summed E-state index contributed by atoms with van der Waals surface area (Å²) in [5.74, 6) is -2.18. The molecule has 0 atom stereocenters. The molecule has 0 fully saturated rings.